The zero-order valence-electron chi connectivity index (χ0n) is 37.0. The molecule has 0 fully saturated rings. The number of rotatable bonds is 7. The minimum atomic E-state index is -0.567. The first-order valence-corrected chi connectivity index (χ1v) is 23.1. The minimum absolute atomic E-state index is 0.134. The molecule has 312 valence electrons. The van der Waals surface area contributed by atoms with Crippen LogP contribution in [0.25, 0.3) is 44.5 Å². The number of nitrogens with zero attached hydrogens (tertiary/aromatic N) is 2. The van der Waals surface area contributed by atoms with Crippen LogP contribution in [0.2, 0.25) is 0 Å². The van der Waals surface area contributed by atoms with Crippen molar-refractivity contribution in [3.05, 3.63) is 276 Å². The summed E-state index contributed by atoms with van der Waals surface area (Å²) in [5, 5.41) is 0. The van der Waals surface area contributed by atoms with Crippen molar-refractivity contribution in [2.45, 2.75) is 24.7 Å². The second-order valence-corrected chi connectivity index (χ2v) is 18.4. The van der Waals surface area contributed by atoms with Gasteiger partial charge >= 0.3 is 0 Å². The van der Waals surface area contributed by atoms with E-state index in [4.69, 9.17) is 0 Å². The molecule has 0 heterocycles. The molecule has 2 heteroatoms. The summed E-state index contributed by atoms with van der Waals surface area (Å²) in [6.45, 7) is 4.74. The third-order valence-electron chi connectivity index (χ3n) is 14.6. The van der Waals surface area contributed by atoms with Gasteiger partial charge in [0.2, 0.25) is 0 Å². The Morgan fingerprint density at radius 3 is 1.41 bits per heavy atom. The Balaban J connectivity index is 1.05. The smallest absolute Gasteiger partial charge is 0.0727 e. The molecule has 10 aromatic carbocycles. The molecular weight excluding hydrogens is 797 g/mol. The topological polar surface area (TPSA) is 6.48 Å². The van der Waals surface area contributed by atoms with Gasteiger partial charge in [-0.1, -0.05) is 190 Å². The first-order chi connectivity index (χ1) is 32.5. The highest BCUT2D eigenvalue weighted by molar-refractivity contribution is 6.02. The molecule has 0 aromatic heterocycles. The lowest BCUT2D eigenvalue weighted by Gasteiger charge is -2.33. The van der Waals surface area contributed by atoms with Crippen LogP contribution in [0.4, 0.5) is 34.1 Å². The average Bonchev–Trinajstić information content (AvgIpc) is 3.94. The van der Waals surface area contributed by atoms with Crippen LogP contribution in [-0.2, 0) is 10.8 Å². The van der Waals surface area contributed by atoms with Crippen molar-refractivity contribution >= 4 is 34.1 Å². The SMILES string of the molecule is CC1(C)c2ccccc2-c2ccc(N(c3ccccc3)c3cccc4c3-c3ccccc3C43c4ccccc4-c4ccc(N(c5ccccc5)c5cccc(-c6ccccc6)c5)cc43)cc21. The number of benzene rings is 10. The summed E-state index contributed by atoms with van der Waals surface area (Å²) in [5.41, 5.74) is 24.2. The van der Waals surface area contributed by atoms with Gasteiger partial charge in [0, 0.05) is 39.4 Å². The van der Waals surface area contributed by atoms with Crippen LogP contribution in [0.15, 0.2) is 243 Å². The number of hydrogen-bond acceptors (Lipinski definition) is 2. The van der Waals surface area contributed by atoms with Crippen molar-refractivity contribution in [1.82, 2.24) is 0 Å². The quantitative estimate of drug-likeness (QED) is 0.158. The van der Waals surface area contributed by atoms with Crippen LogP contribution >= 0.6 is 0 Å². The third-order valence-corrected chi connectivity index (χ3v) is 14.6. The van der Waals surface area contributed by atoms with Crippen LogP contribution in [-0.4, -0.2) is 0 Å². The van der Waals surface area contributed by atoms with Gasteiger partial charge in [-0.2, -0.15) is 0 Å². The molecule has 0 bridgehead atoms. The van der Waals surface area contributed by atoms with Gasteiger partial charge < -0.3 is 9.80 Å². The summed E-state index contributed by atoms with van der Waals surface area (Å²) < 4.78 is 0. The maximum absolute atomic E-state index is 2.50. The van der Waals surface area contributed by atoms with Gasteiger partial charge in [0.25, 0.3) is 0 Å². The lowest BCUT2D eigenvalue weighted by molar-refractivity contribution is 0.660. The van der Waals surface area contributed by atoms with Crippen LogP contribution in [0.1, 0.15) is 47.2 Å². The van der Waals surface area contributed by atoms with E-state index in [-0.39, 0.29) is 5.41 Å². The molecule has 0 radical (unpaired) electrons. The number of anilines is 6. The van der Waals surface area contributed by atoms with Crippen LogP contribution in [0.5, 0.6) is 0 Å². The van der Waals surface area contributed by atoms with Crippen LogP contribution in [0, 0.1) is 0 Å². The van der Waals surface area contributed by atoms with Gasteiger partial charge in [0.05, 0.1) is 11.1 Å². The molecule has 3 aliphatic rings. The molecule has 3 aliphatic carbocycles. The fraction of sp³-hybridized carbons (Fsp3) is 0.0625. The monoisotopic (exact) mass is 842 g/mol. The molecule has 2 nitrogen and oxygen atoms in total. The van der Waals surface area contributed by atoms with E-state index in [1.54, 1.807) is 0 Å². The molecule has 0 saturated heterocycles. The van der Waals surface area contributed by atoms with Crippen LogP contribution < -0.4 is 9.80 Å². The Hall–Kier alpha value is -8.20. The van der Waals surface area contributed by atoms with E-state index < -0.39 is 5.41 Å². The maximum Gasteiger partial charge on any atom is 0.0727 e. The summed E-state index contributed by atoms with van der Waals surface area (Å²) in [6, 6.07) is 90.0. The zero-order chi connectivity index (χ0) is 44.0. The minimum Gasteiger partial charge on any atom is -0.310 e. The second kappa shape index (κ2) is 14.7. The zero-order valence-corrected chi connectivity index (χ0v) is 37.0. The van der Waals surface area contributed by atoms with E-state index in [9.17, 15) is 0 Å². The normalized spacial score (nSPS) is 15.3. The van der Waals surface area contributed by atoms with Gasteiger partial charge in [-0.25, -0.2) is 0 Å². The predicted octanol–water partition coefficient (Wildman–Crippen LogP) is 16.9. The predicted molar refractivity (Wildman–Crippen MR) is 275 cm³/mol. The summed E-state index contributed by atoms with van der Waals surface area (Å²) in [7, 11) is 0. The Kier molecular flexibility index (Phi) is 8.51. The van der Waals surface area contributed by atoms with Gasteiger partial charge in [-0.3, -0.25) is 0 Å². The summed E-state index contributed by atoms with van der Waals surface area (Å²) in [4.78, 5) is 4.93. The van der Waals surface area contributed by atoms with Crippen molar-refractivity contribution in [3.63, 3.8) is 0 Å². The Labute approximate surface area is 387 Å². The van der Waals surface area contributed by atoms with Crippen molar-refractivity contribution < 1.29 is 0 Å². The standard InChI is InChI=1S/C64H46N2/c1-63(2)55-31-15-12-28-50(55)52-38-37-49(41-59(52)63)66(46-25-10-5-11-26-46)61-35-19-34-58-62(61)54-30-14-17-33-57(54)64(58)56-32-16-13-29-51(56)53-39-36-48(42-60(53)64)65(45-23-8-4-9-24-45)47-27-18-22-44(40-47)43-20-6-3-7-21-43/h3-42H,1-2H3. The highest BCUT2D eigenvalue weighted by atomic mass is 15.2. The van der Waals surface area contributed by atoms with Gasteiger partial charge in [0.1, 0.15) is 0 Å². The molecule has 66 heavy (non-hydrogen) atoms. The maximum atomic E-state index is 2.50. The van der Waals surface area contributed by atoms with E-state index in [1.807, 2.05) is 0 Å². The Bertz CT molecular complexity index is 3520. The van der Waals surface area contributed by atoms with Gasteiger partial charge in [0.15, 0.2) is 0 Å². The van der Waals surface area contributed by atoms with E-state index in [1.165, 1.54) is 83.6 Å². The molecule has 0 N–H and O–H groups in total. The molecule has 0 aliphatic heterocycles. The molecule has 10 aromatic rings. The molecule has 1 atom stereocenters. The first kappa shape index (κ1) is 38.3. The summed E-state index contributed by atoms with van der Waals surface area (Å²) in [6.07, 6.45) is 0. The highest BCUT2D eigenvalue weighted by Gasteiger charge is 2.53. The summed E-state index contributed by atoms with van der Waals surface area (Å²) >= 11 is 0. The number of hydrogen-bond donors (Lipinski definition) is 0. The first-order valence-electron chi connectivity index (χ1n) is 23.1. The lowest BCUT2D eigenvalue weighted by Crippen LogP contribution is -2.26. The van der Waals surface area contributed by atoms with Crippen molar-refractivity contribution in [2.24, 2.45) is 0 Å². The summed E-state index contributed by atoms with van der Waals surface area (Å²) in [5.74, 6) is 0. The van der Waals surface area contributed by atoms with E-state index in [0.717, 1.165) is 28.4 Å². The Morgan fingerprint density at radius 2 is 0.712 bits per heavy atom. The Morgan fingerprint density at radius 1 is 0.273 bits per heavy atom. The van der Waals surface area contributed by atoms with Crippen LogP contribution in [0.3, 0.4) is 0 Å². The largest absolute Gasteiger partial charge is 0.310 e. The molecule has 1 unspecified atom stereocenters. The van der Waals surface area contributed by atoms with E-state index in [2.05, 4.69) is 266 Å². The number of para-hydroxylation sites is 2. The molecule has 0 saturated carbocycles. The fourth-order valence-corrected chi connectivity index (χ4v) is 11.8. The van der Waals surface area contributed by atoms with E-state index >= 15 is 0 Å². The fourth-order valence-electron chi connectivity index (χ4n) is 11.8. The molecule has 13 rings (SSSR count). The third kappa shape index (κ3) is 5.48. The van der Waals surface area contributed by atoms with Crippen molar-refractivity contribution in [3.8, 4) is 44.5 Å². The van der Waals surface area contributed by atoms with Gasteiger partial charge in [-0.15, -0.1) is 0 Å². The second-order valence-electron chi connectivity index (χ2n) is 18.4. The average molecular weight is 843 g/mol. The van der Waals surface area contributed by atoms with Crippen molar-refractivity contribution in [2.75, 3.05) is 9.80 Å². The lowest BCUT2D eigenvalue weighted by atomic mass is 9.70. The van der Waals surface area contributed by atoms with E-state index in [0.29, 0.717) is 0 Å². The van der Waals surface area contributed by atoms with Gasteiger partial charge in [-0.05, 0) is 139 Å². The molecule has 0 amide bonds. The molecular formula is C64H46N2. The number of fused-ring (bicyclic) bond motifs is 13. The highest BCUT2D eigenvalue weighted by Crippen LogP contribution is 2.65. The van der Waals surface area contributed by atoms with Crippen molar-refractivity contribution in [1.29, 1.82) is 0 Å². The molecule has 1 spiro atoms.